The van der Waals surface area contributed by atoms with E-state index in [2.05, 4.69) is 16.3 Å². The van der Waals surface area contributed by atoms with Crippen molar-refractivity contribution in [1.29, 1.82) is 0 Å². The molecule has 0 spiro atoms. The monoisotopic (exact) mass is 368 g/mol. The number of amides is 1. The van der Waals surface area contributed by atoms with Crippen LogP contribution in [0.4, 0.5) is 10.1 Å². The fourth-order valence-electron chi connectivity index (χ4n) is 3.11. The molecule has 1 aliphatic heterocycles. The minimum Gasteiger partial charge on any atom is -0.311 e. The predicted octanol–water partition coefficient (Wildman–Crippen LogP) is 3.48. The Hall–Kier alpha value is -2.67. The first-order chi connectivity index (χ1) is 12.6. The number of thioether (sulfide) groups is 1. The Labute approximate surface area is 154 Å². The van der Waals surface area contributed by atoms with Gasteiger partial charge in [0.15, 0.2) is 5.16 Å². The van der Waals surface area contributed by atoms with Crippen LogP contribution in [0, 0.1) is 5.82 Å². The van der Waals surface area contributed by atoms with Crippen LogP contribution in [0.2, 0.25) is 0 Å². The molecule has 0 N–H and O–H groups in total. The first kappa shape index (κ1) is 16.8. The first-order valence-electron chi connectivity index (χ1n) is 8.36. The molecule has 4 rings (SSSR count). The average molecular weight is 368 g/mol. The lowest BCUT2D eigenvalue weighted by atomic mass is 10.2. The summed E-state index contributed by atoms with van der Waals surface area (Å²) in [5, 5.41) is 8.08. The molecule has 1 amide bonds. The molecule has 26 heavy (non-hydrogen) atoms. The average Bonchev–Trinajstić information content (AvgIpc) is 3.28. The number of halogens is 1. The van der Waals surface area contributed by atoms with Gasteiger partial charge in [-0.05, 0) is 37.1 Å². The van der Waals surface area contributed by atoms with Gasteiger partial charge in [0, 0.05) is 12.2 Å². The van der Waals surface area contributed by atoms with Gasteiger partial charge in [-0.2, -0.15) is 0 Å². The molecule has 1 unspecified atom stereocenters. The van der Waals surface area contributed by atoms with E-state index in [0.29, 0.717) is 17.4 Å². The van der Waals surface area contributed by atoms with Gasteiger partial charge >= 0.3 is 0 Å². The molecular formula is C19H17FN4OS. The van der Waals surface area contributed by atoms with Crippen LogP contribution in [-0.2, 0) is 11.2 Å². The highest BCUT2D eigenvalue weighted by Crippen LogP contribution is 2.31. The Morgan fingerprint density at radius 2 is 1.88 bits per heavy atom. The highest BCUT2D eigenvalue weighted by molar-refractivity contribution is 8.00. The standard InChI is InChI=1S/C19H17FN4OS/c1-13(18(25)23-11-10-14-6-2-4-8-16(14)23)26-19-22-21-12-24(19)17-9-5-3-7-15(17)20/h2-9,12-13H,10-11H2,1H3. The van der Waals surface area contributed by atoms with E-state index >= 15 is 0 Å². The molecular weight excluding hydrogens is 351 g/mol. The molecule has 0 radical (unpaired) electrons. The normalized spacial score (nSPS) is 14.3. The molecule has 0 aliphatic carbocycles. The van der Waals surface area contributed by atoms with E-state index in [-0.39, 0.29) is 17.0 Å². The molecule has 5 nitrogen and oxygen atoms in total. The summed E-state index contributed by atoms with van der Waals surface area (Å²) in [4.78, 5) is 14.7. The SMILES string of the molecule is CC(Sc1nncn1-c1ccccc1F)C(=O)N1CCc2ccccc21. The van der Waals surface area contributed by atoms with Crippen molar-refractivity contribution in [3.05, 3.63) is 66.2 Å². The van der Waals surface area contributed by atoms with Gasteiger partial charge in [0.05, 0.1) is 10.9 Å². The van der Waals surface area contributed by atoms with Crippen molar-refractivity contribution in [3.63, 3.8) is 0 Å². The second kappa shape index (κ2) is 6.92. The molecule has 0 saturated heterocycles. The maximum Gasteiger partial charge on any atom is 0.240 e. The quantitative estimate of drug-likeness (QED) is 0.662. The first-order valence-corrected chi connectivity index (χ1v) is 9.24. The number of carbonyl (C=O) groups excluding carboxylic acids is 1. The molecule has 1 aromatic heterocycles. The number of carbonyl (C=O) groups is 1. The third kappa shape index (κ3) is 2.99. The van der Waals surface area contributed by atoms with E-state index in [4.69, 9.17) is 0 Å². The van der Waals surface area contributed by atoms with Crippen LogP contribution in [0.1, 0.15) is 12.5 Å². The van der Waals surface area contributed by atoms with Gasteiger partial charge in [-0.3, -0.25) is 9.36 Å². The Morgan fingerprint density at radius 3 is 2.69 bits per heavy atom. The lowest BCUT2D eigenvalue weighted by molar-refractivity contribution is -0.117. The summed E-state index contributed by atoms with van der Waals surface area (Å²) in [5.41, 5.74) is 2.53. The van der Waals surface area contributed by atoms with Crippen LogP contribution in [0.5, 0.6) is 0 Å². The number of nitrogens with zero attached hydrogens (tertiary/aromatic N) is 4. The van der Waals surface area contributed by atoms with Gasteiger partial charge < -0.3 is 4.90 Å². The number of anilines is 1. The van der Waals surface area contributed by atoms with Crippen molar-refractivity contribution in [2.45, 2.75) is 23.8 Å². The molecule has 1 atom stereocenters. The lowest BCUT2D eigenvalue weighted by Gasteiger charge is -2.21. The van der Waals surface area contributed by atoms with Gasteiger partial charge in [-0.25, -0.2) is 4.39 Å². The molecule has 0 saturated carbocycles. The van der Waals surface area contributed by atoms with Gasteiger partial charge in [0.1, 0.15) is 12.1 Å². The van der Waals surface area contributed by atoms with E-state index in [1.807, 2.05) is 30.0 Å². The van der Waals surface area contributed by atoms with E-state index in [0.717, 1.165) is 12.1 Å². The van der Waals surface area contributed by atoms with Crippen LogP contribution in [0.25, 0.3) is 5.69 Å². The number of hydrogen-bond donors (Lipinski definition) is 0. The Morgan fingerprint density at radius 1 is 1.15 bits per heavy atom. The second-order valence-electron chi connectivity index (χ2n) is 6.06. The summed E-state index contributed by atoms with van der Waals surface area (Å²) in [6, 6.07) is 14.4. The van der Waals surface area contributed by atoms with Gasteiger partial charge in [-0.1, -0.05) is 42.1 Å². The summed E-state index contributed by atoms with van der Waals surface area (Å²) in [6.07, 6.45) is 2.33. The summed E-state index contributed by atoms with van der Waals surface area (Å²) in [7, 11) is 0. The van der Waals surface area contributed by atoms with Crippen LogP contribution in [-0.4, -0.2) is 32.5 Å². The Bertz CT molecular complexity index is 958. The molecule has 1 aliphatic rings. The van der Waals surface area contributed by atoms with E-state index in [9.17, 15) is 9.18 Å². The Kier molecular flexibility index (Phi) is 4.46. The van der Waals surface area contributed by atoms with Crippen LogP contribution >= 0.6 is 11.8 Å². The van der Waals surface area contributed by atoms with Crippen molar-refractivity contribution in [2.75, 3.05) is 11.4 Å². The summed E-state index contributed by atoms with van der Waals surface area (Å²) >= 11 is 1.28. The van der Waals surface area contributed by atoms with Gasteiger partial charge in [-0.15, -0.1) is 10.2 Å². The summed E-state index contributed by atoms with van der Waals surface area (Å²) < 4.78 is 15.7. The van der Waals surface area contributed by atoms with Crippen molar-refractivity contribution in [1.82, 2.24) is 14.8 Å². The van der Waals surface area contributed by atoms with Crippen LogP contribution in [0.3, 0.4) is 0 Å². The highest BCUT2D eigenvalue weighted by atomic mass is 32.2. The summed E-state index contributed by atoms with van der Waals surface area (Å²) in [6.45, 7) is 2.53. The zero-order chi connectivity index (χ0) is 18.1. The fourth-order valence-corrected chi connectivity index (χ4v) is 4.01. The van der Waals surface area contributed by atoms with Crippen molar-refractivity contribution >= 4 is 23.4 Å². The largest absolute Gasteiger partial charge is 0.311 e. The number of hydrogen-bond acceptors (Lipinski definition) is 4. The van der Waals surface area contributed by atoms with Crippen LogP contribution < -0.4 is 4.90 Å². The smallest absolute Gasteiger partial charge is 0.240 e. The van der Waals surface area contributed by atoms with Crippen molar-refractivity contribution < 1.29 is 9.18 Å². The molecule has 132 valence electrons. The van der Waals surface area contributed by atoms with Crippen molar-refractivity contribution in [2.24, 2.45) is 0 Å². The predicted molar refractivity (Wildman–Crippen MR) is 99.1 cm³/mol. The maximum atomic E-state index is 14.1. The zero-order valence-electron chi connectivity index (χ0n) is 14.2. The number of benzene rings is 2. The number of para-hydroxylation sites is 2. The van der Waals surface area contributed by atoms with E-state index in [1.54, 1.807) is 22.8 Å². The number of fused-ring (bicyclic) bond motifs is 1. The topological polar surface area (TPSA) is 51.0 Å². The molecule has 2 aromatic carbocycles. The third-order valence-electron chi connectivity index (χ3n) is 4.41. The minimum absolute atomic E-state index is 0.0167. The zero-order valence-corrected chi connectivity index (χ0v) is 15.0. The molecule has 0 bridgehead atoms. The second-order valence-corrected chi connectivity index (χ2v) is 7.37. The molecule has 2 heterocycles. The molecule has 0 fully saturated rings. The van der Waals surface area contributed by atoms with Gasteiger partial charge in [0.2, 0.25) is 5.91 Å². The maximum absolute atomic E-state index is 14.1. The Balaban J connectivity index is 1.55. The van der Waals surface area contributed by atoms with Gasteiger partial charge in [0.25, 0.3) is 0 Å². The highest BCUT2D eigenvalue weighted by Gasteiger charge is 2.29. The third-order valence-corrected chi connectivity index (χ3v) is 5.46. The minimum atomic E-state index is -0.365. The van der Waals surface area contributed by atoms with E-state index < -0.39 is 0 Å². The van der Waals surface area contributed by atoms with Crippen LogP contribution in [0.15, 0.2) is 60.0 Å². The van der Waals surface area contributed by atoms with E-state index in [1.165, 1.54) is 29.7 Å². The summed E-state index contributed by atoms with van der Waals surface area (Å²) in [5.74, 6) is -0.343. The number of rotatable bonds is 4. The fraction of sp³-hybridized carbons (Fsp3) is 0.211. The number of aromatic nitrogens is 3. The molecule has 3 aromatic rings. The molecule has 7 heteroatoms. The van der Waals surface area contributed by atoms with Crippen molar-refractivity contribution in [3.8, 4) is 5.69 Å². The lowest BCUT2D eigenvalue weighted by Crippen LogP contribution is -2.35.